The van der Waals surface area contributed by atoms with Crippen LogP contribution in [-0.4, -0.2) is 37.5 Å². The van der Waals surface area contributed by atoms with Gasteiger partial charge in [0, 0.05) is 25.7 Å². The Labute approximate surface area is 122 Å². The first-order chi connectivity index (χ1) is 9.83. The zero-order chi connectivity index (χ0) is 14.2. The molecular formula is C17H27NO2. The van der Waals surface area contributed by atoms with Crippen molar-refractivity contribution in [1.29, 1.82) is 0 Å². The van der Waals surface area contributed by atoms with Gasteiger partial charge in [0.1, 0.15) is 0 Å². The maximum Gasteiger partial charge on any atom is 0.160 e. The minimum atomic E-state index is -0.0103. The van der Waals surface area contributed by atoms with Gasteiger partial charge in [0.15, 0.2) is 6.29 Å². The molecule has 1 aliphatic rings. The molecule has 1 aromatic carbocycles. The third-order valence-corrected chi connectivity index (χ3v) is 3.93. The van der Waals surface area contributed by atoms with E-state index in [1.54, 1.807) is 0 Å². The van der Waals surface area contributed by atoms with E-state index in [9.17, 15) is 0 Å². The predicted octanol–water partition coefficient (Wildman–Crippen LogP) is 3.30. The molecule has 0 aromatic heterocycles. The highest BCUT2D eigenvalue weighted by atomic mass is 16.7. The van der Waals surface area contributed by atoms with Crippen LogP contribution in [0.5, 0.6) is 0 Å². The van der Waals surface area contributed by atoms with Crippen LogP contribution in [0.3, 0.4) is 0 Å². The summed E-state index contributed by atoms with van der Waals surface area (Å²) >= 11 is 0. The fourth-order valence-corrected chi connectivity index (χ4v) is 2.87. The number of hydrogen-bond acceptors (Lipinski definition) is 3. The molecular weight excluding hydrogens is 250 g/mol. The lowest BCUT2D eigenvalue weighted by atomic mass is 9.95. The summed E-state index contributed by atoms with van der Waals surface area (Å²) in [5.41, 5.74) is 1.40. The first-order valence-corrected chi connectivity index (χ1v) is 7.83. The second-order valence-electron chi connectivity index (χ2n) is 5.38. The molecule has 0 aliphatic carbocycles. The van der Waals surface area contributed by atoms with E-state index in [2.05, 4.69) is 35.2 Å². The Morgan fingerprint density at radius 2 is 1.65 bits per heavy atom. The second-order valence-corrected chi connectivity index (χ2v) is 5.38. The van der Waals surface area contributed by atoms with Crippen LogP contribution in [0.4, 0.5) is 0 Å². The summed E-state index contributed by atoms with van der Waals surface area (Å²) in [6, 6.07) is 10.7. The molecule has 1 aliphatic heterocycles. The van der Waals surface area contributed by atoms with Crippen molar-refractivity contribution in [3.8, 4) is 0 Å². The summed E-state index contributed by atoms with van der Waals surface area (Å²) in [5, 5.41) is 0. The van der Waals surface area contributed by atoms with Gasteiger partial charge in [0.2, 0.25) is 0 Å². The van der Waals surface area contributed by atoms with Gasteiger partial charge in [0.25, 0.3) is 0 Å². The molecule has 0 atom stereocenters. The van der Waals surface area contributed by atoms with Crippen molar-refractivity contribution in [3.05, 3.63) is 35.9 Å². The maximum atomic E-state index is 5.73. The Bertz CT molecular complexity index is 355. The molecule has 0 amide bonds. The van der Waals surface area contributed by atoms with Gasteiger partial charge < -0.3 is 9.47 Å². The molecule has 1 heterocycles. The lowest BCUT2D eigenvalue weighted by molar-refractivity contribution is -0.175. The van der Waals surface area contributed by atoms with Crippen LogP contribution >= 0.6 is 0 Å². The van der Waals surface area contributed by atoms with E-state index in [1.807, 2.05) is 13.8 Å². The number of likely N-dealkylation sites (tertiary alicyclic amines) is 1. The van der Waals surface area contributed by atoms with E-state index in [4.69, 9.17) is 9.47 Å². The number of nitrogens with zero attached hydrogens (tertiary/aromatic N) is 1. The molecule has 3 nitrogen and oxygen atoms in total. The molecule has 1 aromatic rings. The molecule has 0 N–H and O–H groups in total. The van der Waals surface area contributed by atoms with Crippen molar-refractivity contribution in [3.63, 3.8) is 0 Å². The normalized spacial score (nSPS) is 17.8. The van der Waals surface area contributed by atoms with Gasteiger partial charge in [-0.15, -0.1) is 0 Å². The molecule has 20 heavy (non-hydrogen) atoms. The molecule has 2 rings (SSSR count). The fourth-order valence-electron chi connectivity index (χ4n) is 2.87. The van der Waals surface area contributed by atoms with Crippen LogP contribution in [0, 0.1) is 5.92 Å². The highest BCUT2D eigenvalue weighted by Gasteiger charge is 2.27. The van der Waals surface area contributed by atoms with E-state index >= 15 is 0 Å². The van der Waals surface area contributed by atoms with E-state index < -0.39 is 0 Å². The summed E-state index contributed by atoms with van der Waals surface area (Å²) in [5.74, 6) is 0.543. The number of hydrogen-bond donors (Lipinski definition) is 0. The number of rotatable bonds is 7. The Kier molecular flexibility index (Phi) is 6.51. The van der Waals surface area contributed by atoms with Crippen LogP contribution in [0.25, 0.3) is 0 Å². The standard InChI is InChI=1S/C17H27NO2/c1-3-19-17(20-4-2)16-10-12-18(13-11-16)14-15-8-6-5-7-9-15/h5-9,16-17H,3-4,10-14H2,1-2H3. The summed E-state index contributed by atoms with van der Waals surface area (Å²) in [7, 11) is 0. The zero-order valence-electron chi connectivity index (χ0n) is 12.8. The molecule has 112 valence electrons. The van der Waals surface area contributed by atoms with Crippen molar-refractivity contribution in [1.82, 2.24) is 4.90 Å². The van der Waals surface area contributed by atoms with Gasteiger partial charge in [-0.3, -0.25) is 4.90 Å². The monoisotopic (exact) mass is 277 g/mol. The fraction of sp³-hybridized carbons (Fsp3) is 0.647. The SMILES string of the molecule is CCOC(OCC)C1CCN(Cc2ccccc2)CC1. The average molecular weight is 277 g/mol. The largest absolute Gasteiger partial charge is 0.353 e. The maximum absolute atomic E-state index is 5.73. The molecule has 0 unspecified atom stereocenters. The van der Waals surface area contributed by atoms with Crippen LogP contribution < -0.4 is 0 Å². The van der Waals surface area contributed by atoms with Gasteiger partial charge in [-0.05, 0) is 45.3 Å². The Balaban J connectivity index is 1.79. The Hall–Kier alpha value is -0.900. The molecule has 3 heteroatoms. The van der Waals surface area contributed by atoms with Gasteiger partial charge in [-0.1, -0.05) is 30.3 Å². The van der Waals surface area contributed by atoms with Crippen molar-refractivity contribution >= 4 is 0 Å². The minimum Gasteiger partial charge on any atom is -0.353 e. The third-order valence-electron chi connectivity index (χ3n) is 3.93. The van der Waals surface area contributed by atoms with Crippen molar-refractivity contribution < 1.29 is 9.47 Å². The van der Waals surface area contributed by atoms with Gasteiger partial charge >= 0.3 is 0 Å². The lowest BCUT2D eigenvalue weighted by Gasteiger charge is -2.35. The van der Waals surface area contributed by atoms with Gasteiger partial charge in [0.05, 0.1) is 0 Å². The van der Waals surface area contributed by atoms with Gasteiger partial charge in [-0.2, -0.15) is 0 Å². The van der Waals surface area contributed by atoms with Crippen molar-refractivity contribution in [2.75, 3.05) is 26.3 Å². The molecule has 0 spiro atoms. The highest BCUT2D eigenvalue weighted by Crippen LogP contribution is 2.24. The molecule has 0 bridgehead atoms. The second kappa shape index (κ2) is 8.40. The van der Waals surface area contributed by atoms with E-state index in [0.717, 1.165) is 45.7 Å². The predicted molar refractivity (Wildman–Crippen MR) is 81.5 cm³/mol. The van der Waals surface area contributed by atoms with Crippen LogP contribution in [-0.2, 0) is 16.0 Å². The third kappa shape index (κ3) is 4.58. The topological polar surface area (TPSA) is 21.7 Å². The average Bonchev–Trinajstić information content (AvgIpc) is 2.49. The first kappa shape index (κ1) is 15.5. The summed E-state index contributed by atoms with van der Waals surface area (Å²) in [4.78, 5) is 2.53. The molecule has 1 saturated heterocycles. The highest BCUT2D eigenvalue weighted by molar-refractivity contribution is 5.14. The Morgan fingerprint density at radius 3 is 2.20 bits per heavy atom. The number of benzene rings is 1. The van der Waals surface area contributed by atoms with Crippen LogP contribution in [0.2, 0.25) is 0 Å². The summed E-state index contributed by atoms with van der Waals surface area (Å²) in [6.07, 6.45) is 2.32. The Morgan fingerprint density at radius 1 is 1.05 bits per heavy atom. The lowest BCUT2D eigenvalue weighted by Crippen LogP contribution is -2.39. The smallest absolute Gasteiger partial charge is 0.160 e. The van der Waals surface area contributed by atoms with Crippen LogP contribution in [0.1, 0.15) is 32.3 Å². The summed E-state index contributed by atoms with van der Waals surface area (Å²) in [6.45, 7) is 8.87. The molecule has 0 saturated carbocycles. The quantitative estimate of drug-likeness (QED) is 0.714. The minimum absolute atomic E-state index is 0.0103. The zero-order valence-corrected chi connectivity index (χ0v) is 12.8. The van der Waals surface area contributed by atoms with E-state index in [-0.39, 0.29) is 6.29 Å². The number of piperidine rings is 1. The summed E-state index contributed by atoms with van der Waals surface area (Å²) < 4.78 is 11.5. The van der Waals surface area contributed by atoms with Crippen LogP contribution in [0.15, 0.2) is 30.3 Å². The van der Waals surface area contributed by atoms with Crippen molar-refractivity contribution in [2.24, 2.45) is 5.92 Å². The van der Waals surface area contributed by atoms with Gasteiger partial charge in [-0.25, -0.2) is 0 Å². The first-order valence-electron chi connectivity index (χ1n) is 7.83. The molecule has 1 fully saturated rings. The van der Waals surface area contributed by atoms with Crippen molar-refractivity contribution in [2.45, 2.75) is 39.5 Å². The van der Waals surface area contributed by atoms with E-state index in [0.29, 0.717) is 5.92 Å². The van der Waals surface area contributed by atoms with E-state index in [1.165, 1.54) is 5.56 Å². The molecule has 0 radical (unpaired) electrons. The number of ether oxygens (including phenoxy) is 2.